The van der Waals surface area contributed by atoms with Gasteiger partial charge in [0.15, 0.2) is 9.84 Å². The Hall–Kier alpha value is -2.90. The first-order valence-corrected chi connectivity index (χ1v) is 11.6. The number of hydrogen-bond acceptors (Lipinski definition) is 6. The van der Waals surface area contributed by atoms with Crippen molar-refractivity contribution in [2.45, 2.75) is 17.4 Å². The van der Waals surface area contributed by atoms with E-state index in [1.54, 1.807) is 0 Å². The molecule has 0 aliphatic carbocycles. The van der Waals surface area contributed by atoms with Crippen molar-refractivity contribution in [2.75, 3.05) is 16.2 Å². The van der Waals surface area contributed by atoms with Crippen molar-refractivity contribution in [3.63, 3.8) is 0 Å². The van der Waals surface area contributed by atoms with Crippen molar-refractivity contribution in [3.05, 3.63) is 59.7 Å². The van der Waals surface area contributed by atoms with Gasteiger partial charge >= 0.3 is 0 Å². The molecule has 1 fully saturated rings. The highest BCUT2D eigenvalue weighted by atomic mass is 32.2. The van der Waals surface area contributed by atoms with Gasteiger partial charge in [0.1, 0.15) is 0 Å². The van der Waals surface area contributed by atoms with Gasteiger partial charge in [0.25, 0.3) is 15.9 Å². The summed E-state index contributed by atoms with van der Waals surface area (Å²) < 4.78 is 50.4. The topological polar surface area (TPSA) is 133 Å². The molecule has 10 heteroatoms. The van der Waals surface area contributed by atoms with E-state index < -0.39 is 31.8 Å². The van der Waals surface area contributed by atoms with E-state index >= 15 is 0 Å². The number of benzene rings is 2. The molecule has 0 spiro atoms. The zero-order valence-corrected chi connectivity index (χ0v) is 16.3. The number of carbonyl (C=O) groups is 1. The van der Waals surface area contributed by atoms with E-state index in [1.807, 2.05) is 6.07 Å². The highest BCUT2D eigenvalue weighted by Crippen LogP contribution is 2.19. The molecule has 1 amide bonds. The first-order chi connectivity index (χ1) is 13.2. The number of carbonyl (C=O) groups excluding carboxylic acids is 1. The molecule has 1 atom stereocenters. The molecule has 146 valence electrons. The number of hydrogen-bond donors (Lipinski definition) is 2. The van der Waals surface area contributed by atoms with Crippen molar-refractivity contribution >= 4 is 31.5 Å². The molecule has 1 saturated heterocycles. The van der Waals surface area contributed by atoms with Crippen LogP contribution in [0.2, 0.25) is 0 Å². The van der Waals surface area contributed by atoms with Crippen molar-refractivity contribution in [2.24, 2.45) is 0 Å². The fourth-order valence-electron chi connectivity index (χ4n) is 2.85. The van der Waals surface area contributed by atoms with Crippen molar-refractivity contribution in [1.82, 2.24) is 5.32 Å². The average Bonchev–Trinajstić information content (AvgIpc) is 3.00. The monoisotopic (exact) mass is 419 g/mol. The largest absolute Gasteiger partial charge is 0.348 e. The number of amides is 1. The summed E-state index contributed by atoms with van der Waals surface area (Å²) in [6, 6.07) is 12.9. The minimum atomic E-state index is -3.94. The molecule has 0 radical (unpaired) electrons. The SMILES string of the molecule is N#Cc1cccc(S(=O)(=O)Nc2cccc(C(=O)N[C@@H]3CCS(=O)(=O)C3)c2)c1. The Kier molecular flexibility index (Phi) is 5.40. The summed E-state index contributed by atoms with van der Waals surface area (Å²) in [5.41, 5.74) is 0.590. The molecular formula is C18H17N3O5S2. The molecule has 8 nitrogen and oxygen atoms in total. The van der Waals surface area contributed by atoms with Crippen LogP contribution in [-0.4, -0.2) is 40.3 Å². The number of sulfonamides is 1. The number of rotatable bonds is 5. The Balaban J connectivity index is 1.76. The molecule has 28 heavy (non-hydrogen) atoms. The molecule has 1 heterocycles. The van der Waals surface area contributed by atoms with E-state index in [2.05, 4.69) is 10.0 Å². The van der Waals surface area contributed by atoms with Gasteiger partial charge in [-0.3, -0.25) is 9.52 Å². The third-order valence-electron chi connectivity index (χ3n) is 4.22. The van der Waals surface area contributed by atoms with Gasteiger partial charge in [-0.1, -0.05) is 12.1 Å². The molecular weight excluding hydrogens is 402 g/mol. The molecule has 0 unspecified atom stereocenters. The maximum Gasteiger partial charge on any atom is 0.261 e. The number of nitriles is 1. The number of nitrogens with one attached hydrogen (secondary N) is 2. The lowest BCUT2D eigenvalue weighted by molar-refractivity contribution is 0.0941. The zero-order chi connectivity index (χ0) is 20.4. The van der Waals surface area contributed by atoms with Gasteiger partial charge in [-0.2, -0.15) is 5.26 Å². The minimum Gasteiger partial charge on any atom is -0.348 e. The second-order valence-electron chi connectivity index (χ2n) is 6.40. The quantitative estimate of drug-likeness (QED) is 0.750. The fourth-order valence-corrected chi connectivity index (χ4v) is 5.62. The van der Waals surface area contributed by atoms with Gasteiger partial charge < -0.3 is 5.32 Å². The second-order valence-corrected chi connectivity index (χ2v) is 10.3. The van der Waals surface area contributed by atoms with Gasteiger partial charge in [-0.05, 0) is 42.8 Å². The Bertz CT molecular complexity index is 1170. The first-order valence-electron chi connectivity index (χ1n) is 8.33. The molecule has 0 aromatic heterocycles. The summed E-state index contributed by atoms with van der Waals surface area (Å²) in [4.78, 5) is 12.3. The van der Waals surface area contributed by atoms with E-state index in [-0.39, 0.29) is 33.2 Å². The predicted octanol–water partition coefficient (Wildman–Crippen LogP) is 1.28. The highest BCUT2D eigenvalue weighted by Gasteiger charge is 2.29. The summed E-state index contributed by atoms with van der Waals surface area (Å²) in [5, 5.41) is 11.6. The Morgan fingerprint density at radius 1 is 1.14 bits per heavy atom. The summed E-state index contributed by atoms with van der Waals surface area (Å²) >= 11 is 0. The van der Waals surface area contributed by atoms with Crippen LogP contribution >= 0.6 is 0 Å². The number of anilines is 1. The number of sulfone groups is 1. The van der Waals surface area contributed by atoms with Crippen LogP contribution in [0.25, 0.3) is 0 Å². The third kappa shape index (κ3) is 4.68. The predicted molar refractivity (Wildman–Crippen MR) is 103 cm³/mol. The molecule has 2 aromatic rings. The average molecular weight is 419 g/mol. The maximum atomic E-state index is 12.5. The van der Waals surface area contributed by atoms with Crippen LogP contribution < -0.4 is 10.0 Å². The number of nitrogens with zero attached hydrogens (tertiary/aromatic N) is 1. The van der Waals surface area contributed by atoms with E-state index in [4.69, 9.17) is 5.26 Å². The van der Waals surface area contributed by atoms with Crippen LogP contribution in [0.1, 0.15) is 22.3 Å². The van der Waals surface area contributed by atoms with E-state index in [0.29, 0.717) is 6.42 Å². The zero-order valence-electron chi connectivity index (χ0n) is 14.6. The van der Waals surface area contributed by atoms with Crippen molar-refractivity contribution in [1.29, 1.82) is 5.26 Å². The molecule has 1 aliphatic rings. The summed E-state index contributed by atoms with van der Waals surface area (Å²) in [6.45, 7) is 0. The maximum absolute atomic E-state index is 12.5. The van der Waals surface area contributed by atoms with Crippen molar-refractivity contribution < 1.29 is 21.6 Å². The highest BCUT2D eigenvalue weighted by molar-refractivity contribution is 7.92. The van der Waals surface area contributed by atoms with Gasteiger partial charge in [0.05, 0.1) is 28.0 Å². The molecule has 2 N–H and O–H groups in total. The smallest absolute Gasteiger partial charge is 0.261 e. The normalized spacial score (nSPS) is 18.2. The lowest BCUT2D eigenvalue weighted by Crippen LogP contribution is -2.35. The van der Waals surface area contributed by atoms with Gasteiger partial charge in [0, 0.05) is 17.3 Å². The minimum absolute atomic E-state index is 0.0412. The molecule has 3 rings (SSSR count). The lowest BCUT2D eigenvalue weighted by atomic mass is 10.1. The van der Waals surface area contributed by atoms with Crippen LogP contribution in [-0.2, 0) is 19.9 Å². The summed E-state index contributed by atoms with van der Waals surface area (Å²) in [6.07, 6.45) is 0.357. The fraction of sp³-hybridized carbons (Fsp3) is 0.222. The standard InChI is InChI=1S/C18H17N3O5S2/c19-11-13-3-1-6-17(9-13)28(25,26)21-15-5-2-4-14(10-15)18(22)20-16-7-8-27(23,24)12-16/h1-6,9-10,16,21H,7-8,12H2,(H,20,22)/t16-/m1/s1. The van der Waals surface area contributed by atoms with E-state index in [1.165, 1.54) is 48.5 Å². The van der Waals surface area contributed by atoms with Crippen LogP contribution in [0.5, 0.6) is 0 Å². The van der Waals surface area contributed by atoms with Crippen LogP contribution in [0.15, 0.2) is 53.4 Å². The van der Waals surface area contributed by atoms with E-state index in [0.717, 1.165) is 0 Å². The molecule has 0 saturated carbocycles. The summed E-state index contributed by atoms with van der Waals surface area (Å²) in [5.74, 6) is -0.533. The second kappa shape index (κ2) is 7.61. The molecule has 2 aromatic carbocycles. The van der Waals surface area contributed by atoms with Crippen LogP contribution in [0, 0.1) is 11.3 Å². The van der Waals surface area contributed by atoms with Gasteiger partial charge in [-0.15, -0.1) is 0 Å². The lowest BCUT2D eigenvalue weighted by Gasteiger charge is -2.12. The van der Waals surface area contributed by atoms with Crippen molar-refractivity contribution in [3.8, 4) is 6.07 Å². The first kappa shape index (κ1) is 19.9. The van der Waals surface area contributed by atoms with E-state index in [9.17, 15) is 21.6 Å². The molecule has 1 aliphatic heterocycles. The summed E-state index contributed by atoms with van der Waals surface area (Å²) in [7, 11) is -7.06. The Morgan fingerprint density at radius 2 is 1.89 bits per heavy atom. The van der Waals surface area contributed by atoms with Gasteiger partial charge in [-0.25, -0.2) is 16.8 Å². The van der Waals surface area contributed by atoms with Crippen LogP contribution in [0.4, 0.5) is 5.69 Å². The Labute approximate surface area is 163 Å². The Morgan fingerprint density at radius 3 is 2.57 bits per heavy atom. The van der Waals surface area contributed by atoms with Gasteiger partial charge in [0.2, 0.25) is 0 Å². The molecule has 0 bridgehead atoms. The van der Waals surface area contributed by atoms with Crippen LogP contribution in [0.3, 0.4) is 0 Å². The third-order valence-corrected chi connectivity index (χ3v) is 7.36.